The summed E-state index contributed by atoms with van der Waals surface area (Å²) in [5.41, 5.74) is 3.00. The lowest BCUT2D eigenvalue weighted by Crippen LogP contribution is -2.22. The van der Waals surface area contributed by atoms with E-state index in [-0.39, 0.29) is 12.0 Å². The van der Waals surface area contributed by atoms with Crippen LogP contribution in [0.25, 0.3) is 10.4 Å². The summed E-state index contributed by atoms with van der Waals surface area (Å²) < 4.78 is 5.22. The lowest BCUT2D eigenvalue weighted by Gasteiger charge is -2.17. The molecule has 2 heterocycles. The molecular formula is C25H28ClNO3S. The first-order valence-electron chi connectivity index (χ1n) is 10.8. The predicted octanol–water partition coefficient (Wildman–Crippen LogP) is 6.05. The molecule has 1 fully saturated rings. The monoisotopic (exact) mass is 457 g/mol. The van der Waals surface area contributed by atoms with E-state index < -0.39 is 0 Å². The molecule has 1 saturated carbocycles. The Morgan fingerprint density at radius 2 is 2.13 bits per heavy atom. The molecule has 1 aromatic carbocycles. The van der Waals surface area contributed by atoms with E-state index in [0.29, 0.717) is 24.1 Å². The molecule has 1 aromatic heterocycles. The van der Waals surface area contributed by atoms with Gasteiger partial charge in [-0.3, -0.25) is 4.79 Å². The number of rotatable bonds is 10. The molecule has 0 unspecified atom stereocenters. The van der Waals surface area contributed by atoms with E-state index in [2.05, 4.69) is 12.1 Å². The Kier molecular flexibility index (Phi) is 7.28. The Hall–Kier alpha value is -1.92. The maximum atomic E-state index is 13.1. The highest BCUT2D eigenvalue weighted by Gasteiger charge is 2.32. The summed E-state index contributed by atoms with van der Waals surface area (Å²) in [7, 11) is 1.65. The van der Waals surface area contributed by atoms with Gasteiger partial charge >= 0.3 is 0 Å². The number of thiophene rings is 1. The maximum Gasteiger partial charge on any atom is 0.269 e. The van der Waals surface area contributed by atoms with Crippen molar-refractivity contribution >= 4 is 28.8 Å². The average Bonchev–Trinajstić information content (AvgIpc) is 3.47. The number of hydrogen-bond donors (Lipinski definition) is 1. The molecule has 6 heteroatoms. The number of halogens is 1. The van der Waals surface area contributed by atoms with Gasteiger partial charge in [-0.15, -0.1) is 11.3 Å². The smallest absolute Gasteiger partial charge is 0.269 e. The van der Waals surface area contributed by atoms with Crippen molar-refractivity contribution < 1.29 is 14.6 Å². The summed E-state index contributed by atoms with van der Waals surface area (Å²) in [5, 5.41) is 10.7. The minimum absolute atomic E-state index is 0.0383. The highest BCUT2D eigenvalue weighted by Crippen LogP contribution is 2.38. The van der Waals surface area contributed by atoms with E-state index in [9.17, 15) is 9.90 Å². The molecular weight excluding hydrogens is 430 g/mol. The highest BCUT2D eigenvalue weighted by atomic mass is 35.5. The SMILES string of the molecule is COC/C=C(\C=C/CCC[C@H](O)C1CC1)N1Cc2cc(-c3ccc(Cl)cc3)sc2C1=O. The molecule has 0 bridgehead atoms. The van der Waals surface area contributed by atoms with Gasteiger partial charge in [0.05, 0.1) is 24.1 Å². The molecule has 164 valence electrons. The van der Waals surface area contributed by atoms with Crippen molar-refractivity contribution in [3.05, 3.63) is 69.7 Å². The third-order valence-electron chi connectivity index (χ3n) is 5.80. The first kappa shape index (κ1) is 22.3. The van der Waals surface area contributed by atoms with Crippen molar-refractivity contribution in [3.63, 3.8) is 0 Å². The van der Waals surface area contributed by atoms with Gasteiger partial charge in [-0.2, -0.15) is 0 Å². The number of allylic oxidation sites excluding steroid dienone is 2. The van der Waals surface area contributed by atoms with Crippen LogP contribution in [0.5, 0.6) is 0 Å². The Labute approximate surface area is 192 Å². The maximum absolute atomic E-state index is 13.1. The molecule has 31 heavy (non-hydrogen) atoms. The van der Waals surface area contributed by atoms with E-state index in [1.165, 1.54) is 24.2 Å². The number of amides is 1. The molecule has 1 N–H and O–H groups in total. The summed E-state index contributed by atoms with van der Waals surface area (Å²) in [4.78, 5) is 16.8. The summed E-state index contributed by atoms with van der Waals surface area (Å²) in [5.74, 6) is 0.566. The topological polar surface area (TPSA) is 49.8 Å². The lowest BCUT2D eigenvalue weighted by molar-refractivity contribution is 0.0833. The summed E-state index contributed by atoms with van der Waals surface area (Å²) in [6.07, 6.45) is 10.9. The fraction of sp³-hybridized carbons (Fsp3) is 0.400. The van der Waals surface area contributed by atoms with Gasteiger partial charge in [0.25, 0.3) is 5.91 Å². The zero-order valence-corrected chi connectivity index (χ0v) is 19.3. The molecule has 4 nitrogen and oxygen atoms in total. The van der Waals surface area contributed by atoms with Crippen LogP contribution in [0.3, 0.4) is 0 Å². The molecule has 1 atom stereocenters. The van der Waals surface area contributed by atoms with Crippen LogP contribution in [-0.4, -0.2) is 35.7 Å². The number of unbranched alkanes of at least 4 members (excludes halogenated alkanes) is 1. The molecule has 1 amide bonds. The van der Waals surface area contributed by atoms with Gasteiger partial charge < -0.3 is 14.7 Å². The minimum atomic E-state index is -0.150. The van der Waals surface area contributed by atoms with Gasteiger partial charge in [-0.1, -0.05) is 29.8 Å². The van der Waals surface area contributed by atoms with Gasteiger partial charge in [0, 0.05) is 22.7 Å². The van der Waals surface area contributed by atoms with Crippen molar-refractivity contribution in [1.29, 1.82) is 0 Å². The Balaban J connectivity index is 1.41. The number of fused-ring (bicyclic) bond motifs is 1. The Morgan fingerprint density at radius 1 is 1.35 bits per heavy atom. The predicted molar refractivity (Wildman–Crippen MR) is 126 cm³/mol. The van der Waals surface area contributed by atoms with Crippen molar-refractivity contribution in [1.82, 2.24) is 4.90 Å². The number of carbonyl (C=O) groups excluding carboxylic acids is 1. The highest BCUT2D eigenvalue weighted by molar-refractivity contribution is 7.17. The number of carbonyl (C=O) groups is 1. The van der Waals surface area contributed by atoms with Gasteiger partial charge in [0.2, 0.25) is 0 Å². The van der Waals surface area contributed by atoms with Crippen LogP contribution in [-0.2, 0) is 11.3 Å². The van der Waals surface area contributed by atoms with E-state index in [0.717, 1.165) is 45.8 Å². The molecule has 4 rings (SSSR count). The fourth-order valence-electron chi connectivity index (χ4n) is 3.86. The zero-order valence-electron chi connectivity index (χ0n) is 17.7. The Morgan fingerprint density at radius 3 is 2.81 bits per heavy atom. The summed E-state index contributed by atoms with van der Waals surface area (Å²) in [6.45, 7) is 1.02. The van der Waals surface area contributed by atoms with Gasteiger partial charge in [-0.05, 0) is 79.5 Å². The van der Waals surface area contributed by atoms with Crippen LogP contribution < -0.4 is 0 Å². The second-order valence-electron chi connectivity index (χ2n) is 8.19. The molecule has 2 aliphatic rings. The van der Waals surface area contributed by atoms with Crippen LogP contribution in [0.1, 0.15) is 47.3 Å². The normalized spacial score (nSPS) is 17.6. The fourth-order valence-corrected chi connectivity index (χ4v) is 5.11. The lowest BCUT2D eigenvalue weighted by atomic mass is 10.1. The van der Waals surface area contributed by atoms with Gasteiger partial charge in [0.1, 0.15) is 0 Å². The molecule has 1 aliphatic heterocycles. The van der Waals surface area contributed by atoms with Gasteiger partial charge in [0.15, 0.2) is 0 Å². The van der Waals surface area contributed by atoms with Crippen LogP contribution in [0.4, 0.5) is 0 Å². The van der Waals surface area contributed by atoms with E-state index in [1.807, 2.05) is 41.3 Å². The standard InChI is InChI=1S/C25H28ClNO3S/c1-30-14-13-21(5-3-2-4-6-22(28)17-7-8-17)27-16-19-15-23(31-24(19)25(27)29)18-9-11-20(26)12-10-18/h3,5,9-13,15,17,22,28H,2,4,6-8,14,16H2,1H3/b5-3-,21-13+/t22-/m0/s1. The number of nitrogens with zero attached hydrogens (tertiary/aromatic N) is 1. The second-order valence-corrected chi connectivity index (χ2v) is 9.67. The van der Waals surface area contributed by atoms with Crippen molar-refractivity contribution in [2.75, 3.05) is 13.7 Å². The van der Waals surface area contributed by atoms with Crippen LogP contribution in [0.15, 0.2) is 54.3 Å². The third kappa shape index (κ3) is 5.47. The molecule has 1 aliphatic carbocycles. The molecule has 2 aromatic rings. The van der Waals surface area contributed by atoms with Crippen LogP contribution in [0.2, 0.25) is 5.02 Å². The largest absolute Gasteiger partial charge is 0.393 e. The number of methoxy groups -OCH3 is 1. The van der Waals surface area contributed by atoms with E-state index >= 15 is 0 Å². The van der Waals surface area contributed by atoms with Crippen molar-refractivity contribution in [3.8, 4) is 10.4 Å². The number of aliphatic hydroxyl groups excluding tert-OH is 1. The third-order valence-corrected chi connectivity index (χ3v) is 7.27. The molecule has 0 spiro atoms. The average molecular weight is 458 g/mol. The number of benzene rings is 1. The molecule has 0 saturated heterocycles. The summed E-state index contributed by atoms with van der Waals surface area (Å²) in [6, 6.07) is 9.82. The Bertz CT molecular complexity index is 975. The van der Waals surface area contributed by atoms with E-state index in [1.54, 1.807) is 7.11 Å². The zero-order chi connectivity index (χ0) is 21.8. The van der Waals surface area contributed by atoms with E-state index in [4.69, 9.17) is 16.3 Å². The summed E-state index contributed by atoms with van der Waals surface area (Å²) >= 11 is 7.53. The minimum Gasteiger partial charge on any atom is -0.393 e. The first-order valence-corrected chi connectivity index (χ1v) is 12.0. The van der Waals surface area contributed by atoms with Crippen molar-refractivity contribution in [2.24, 2.45) is 5.92 Å². The van der Waals surface area contributed by atoms with Crippen LogP contribution in [0, 0.1) is 5.92 Å². The number of ether oxygens (including phenoxy) is 1. The number of hydrogen-bond acceptors (Lipinski definition) is 4. The molecule has 0 radical (unpaired) electrons. The first-order chi connectivity index (χ1) is 15.1. The van der Waals surface area contributed by atoms with Gasteiger partial charge in [-0.25, -0.2) is 0 Å². The number of aliphatic hydroxyl groups is 1. The quantitative estimate of drug-likeness (QED) is 0.349. The van der Waals surface area contributed by atoms with Crippen LogP contribution >= 0.6 is 22.9 Å². The van der Waals surface area contributed by atoms with Crippen molar-refractivity contribution in [2.45, 2.75) is 44.8 Å². The second kappa shape index (κ2) is 10.1.